The van der Waals surface area contributed by atoms with Crippen LogP contribution in [0.1, 0.15) is 58.2 Å². The minimum atomic E-state index is 0. The Kier molecular flexibility index (Phi) is 8.13. The third-order valence-corrected chi connectivity index (χ3v) is 5.69. The lowest BCUT2D eigenvalue weighted by Crippen LogP contribution is -2.19. The monoisotopic (exact) mass is 431 g/mol. The van der Waals surface area contributed by atoms with E-state index in [1.807, 2.05) is 38.4 Å². The van der Waals surface area contributed by atoms with Gasteiger partial charge in [0.25, 0.3) is 0 Å². The smallest absolute Gasteiger partial charge is 0.508 e. The molecule has 0 bridgehead atoms. The first-order chi connectivity index (χ1) is 15.4. The van der Waals surface area contributed by atoms with Gasteiger partial charge in [-0.15, -0.1) is 0 Å². The van der Waals surface area contributed by atoms with Gasteiger partial charge in [0.15, 0.2) is 0 Å². The Bertz CT molecular complexity index is 1030. The van der Waals surface area contributed by atoms with Gasteiger partial charge >= 0.3 is 2.85 Å². The maximum atomic E-state index is 9.83. The summed E-state index contributed by atoms with van der Waals surface area (Å²) in [5, 5.41) is 9.83. The van der Waals surface area contributed by atoms with Crippen molar-refractivity contribution in [3.63, 3.8) is 0 Å². The summed E-state index contributed by atoms with van der Waals surface area (Å²) in [4.78, 5) is 2.11. The number of aromatic hydroxyl groups is 1. The molecule has 32 heavy (non-hydrogen) atoms. The fraction of sp³-hybridized carbons (Fsp3) is 0.310. The number of phenolic OH excluding ortho intramolecular Hbond substituents is 1. The van der Waals surface area contributed by atoms with Crippen LogP contribution >= 0.6 is 0 Å². The average Bonchev–Trinajstić information content (AvgIpc) is 2.79. The Morgan fingerprint density at radius 3 is 1.88 bits per heavy atom. The normalized spacial score (nSPS) is 12.2. The minimum Gasteiger partial charge on any atom is -0.508 e. The molecule has 3 rings (SSSR count). The van der Waals surface area contributed by atoms with Crippen molar-refractivity contribution in [1.82, 2.24) is 4.90 Å². The third kappa shape index (κ3) is 6.02. The van der Waals surface area contributed by atoms with Crippen LogP contribution in [-0.4, -0.2) is 37.3 Å². The molecular weight excluding hydrogens is 394 g/mol. The summed E-state index contributed by atoms with van der Waals surface area (Å²) < 4.78 is 5.89. The van der Waals surface area contributed by atoms with E-state index < -0.39 is 0 Å². The number of allylic oxidation sites excluding steroid dienone is 1. The average molecular weight is 432 g/mol. The molecule has 3 aromatic carbocycles. The van der Waals surface area contributed by atoms with Gasteiger partial charge in [0.05, 0.1) is 0 Å². The topological polar surface area (TPSA) is 32.7 Å². The van der Waals surface area contributed by atoms with E-state index in [4.69, 9.17) is 4.74 Å². The molecule has 0 atom stereocenters. The van der Waals surface area contributed by atoms with E-state index in [2.05, 4.69) is 62.1 Å². The van der Waals surface area contributed by atoms with Crippen LogP contribution in [0.25, 0.3) is 11.1 Å². The van der Waals surface area contributed by atoms with Gasteiger partial charge in [-0.25, -0.2) is 0 Å². The van der Waals surface area contributed by atoms with Gasteiger partial charge in [0, 0.05) is 6.54 Å². The molecule has 0 spiro atoms. The molecule has 1 N–H and O–H groups in total. The van der Waals surface area contributed by atoms with E-state index in [1.54, 1.807) is 12.1 Å². The van der Waals surface area contributed by atoms with Crippen molar-refractivity contribution < 1.29 is 12.7 Å². The summed E-state index contributed by atoms with van der Waals surface area (Å²) >= 11 is 0. The van der Waals surface area contributed by atoms with Crippen molar-refractivity contribution in [2.75, 3.05) is 27.2 Å². The van der Waals surface area contributed by atoms with Gasteiger partial charge in [-0.2, -0.15) is 0 Å². The highest BCUT2D eigenvalue weighted by atomic mass is 16.5. The predicted molar refractivity (Wildman–Crippen MR) is 138 cm³/mol. The second kappa shape index (κ2) is 11.0. The first-order valence-corrected chi connectivity index (χ1v) is 11.4. The molecule has 0 saturated carbocycles. The number of phenols is 1. The summed E-state index contributed by atoms with van der Waals surface area (Å²) in [5.41, 5.74) is 7.27. The van der Waals surface area contributed by atoms with E-state index >= 15 is 0 Å². The molecular formula is C29H37NO2+2. The molecule has 0 aliphatic heterocycles. The minimum absolute atomic E-state index is 0. The van der Waals surface area contributed by atoms with Crippen LogP contribution in [0, 0.1) is 0 Å². The fourth-order valence-corrected chi connectivity index (χ4v) is 3.80. The van der Waals surface area contributed by atoms with Crippen LogP contribution in [0.5, 0.6) is 11.5 Å². The molecule has 3 aromatic rings. The van der Waals surface area contributed by atoms with Crippen molar-refractivity contribution in [2.45, 2.75) is 33.1 Å². The maximum Gasteiger partial charge on any atom is 1.00 e. The molecule has 0 radical (unpaired) electrons. The Morgan fingerprint density at radius 2 is 1.38 bits per heavy atom. The lowest BCUT2D eigenvalue weighted by Gasteiger charge is -2.18. The zero-order chi connectivity index (χ0) is 23.1. The number of ether oxygens (including phenoxy) is 1. The van der Waals surface area contributed by atoms with Crippen LogP contribution in [0.2, 0.25) is 0 Å². The molecule has 0 fully saturated rings. The number of rotatable bonds is 9. The van der Waals surface area contributed by atoms with Crippen molar-refractivity contribution in [3.05, 3.63) is 95.1 Å². The van der Waals surface area contributed by atoms with Gasteiger partial charge in [-0.05, 0) is 84.1 Å². The SMILES string of the molecule is CC/C(=C(/c1ccc(O)cc1)c1ccc(OCCN(C)C)cc1)c1ccc(C(C)C)cc1.[H+].[H+]. The first kappa shape index (κ1) is 23.6. The van der Waals surface area contributed by atoms with Crippen LogP contribution in [0.3, 0.4) is 0 Å². The summed E-state index contributed by atoms with van der Waals surface area (Å²) in [6.07, 6.45) is 0.901. The second-order valence-electron chi connectivity index (χ2n) is 8.71. The lowest BCUT2D eigenvalue weighted by molar-refractivity contribution is 0.261. The standard InChI is InChI=1S/C29H35NO2/c1-6-28(23-9-7-22(8-10-23)21(2)3)29(24-11-15-26(31)16-12-24)25-13-17-27(18-14-25)32-20-19-30(4)5/h7-18,21,31H,6,19-20H2,1-5H3/p+2/b29-28+. The lowest BCUT2D eigenvalue weighted by atomic mass is 9.87. The summed E-state index contributed by atoms with van der Waals surface area (Å²) in [6.45, 7) is 8.18. The zero-order valence-corrected chi connectivity index (χ0v) is 19.9. The van der Waals surface area contributed by atoms with Crippen LogP contribution < -0.4 is 4.74 Å². The number of hydrogen-bond acceptors (Lipinski definition) is 3. The number of hydrogen-bond donors (Lipinski definition) is 1. The van der Waals surface area contributed by atoms with Crippen molar-refractivity contribution in [2.24, 2.45) is 0 Å². The highest BCUT2D eigenvalue weighted by molar-refractivity contribution is 5.98. The number of nitrogens with zero attached hydrogens (tertiary/aromatic N) is 1. The Labute approximate surface area is 196 Å². The van der Waals surface area contributed by atoms with E-state index in [-0.39, 0.29) is 8.60 Å². The predicted octanol–water partition coefficient (Wildman–Crippen LogP) is 7.05. The highest BCUT2D eigenvalue weighted by Crippen LogP contribution is 2.36. The Morgan fingerprint density at radius 1 is 0.844 bits per heavy atom. The second-order valence-corrected chi connectivity index (χ2v) is 8.71. The molecule has 3 heteroatoms. The van der Waals surface area contributed by atoms with E-state index in [0.29, 0.717) is 12.5 Å². The Hall–Kier alpha value is -3.04. The van der Waals surface area contributed by atoms with Crippen LogP contribution in [-0.2, 0) is 0 Å². The molecule has 3 nitrogen and oxygen atoms in total. The van der Waals surface area contributed by atoms with E-state index in [1.165, 1.54) is 22.3 Å². The fourth-order valence-electron chi connectivity index (χ4n) is 3.80. The molecule has 0 heterocycles. The molecule has 0 saturated heterocycles. The zero-order valence-electron chi connectivity index (χ0n) is 21.9. The van der Waals surface area contributed by atoms with Crippen molar-refractivity contribution >= 4 is 11.1 Å². The van der Waals surface area contributed by atoms with Gasteiger partial charge in [-0.3, -0.25) is 0 Å². The first-order valence-electron chi connectivity index (χ1n) is 11.4. The largest absolute Gasteiger partial charge is 1.00 e. The van der Waals surface area contributed by atoms with Crippen LogP contribution in [0.4, 0.5) is 0 Å². The molecule has 0 unspecified atom stereocenters. The molecule has 0 aromatic heterocycles. The van der Waals surface area contributed by atoms with Gasteiger partial charge in [0.2, 0.25) is 0 Å². The van der Waals surface area contributed by atoms with Gasteiger partial charge in [0.1, 0.15) is 18.1 Å². The highest BCUT2D eigenvalue weighted by Gasteiger charge is 2.14. The molecule has 0 amide bonds. The molecule has 0 aliphatic carbocycles. The van der Waals surface area contributed by atoms with Crippen molar-refractivity contribution in [3.8, 4) is 11.5 Å². The van der Waals surface area contributed by atoms with Crippen LogP contribution in [0.15, 0.2) is 72.8 Å². The van der Waals surface area contributed by atoms with Gasteiger partial charge < -0.3 is 14.7 Å². The molecule has 0 aliphatic rings. The van der Waals surface area contributed by atoms with E-state index in [9.17, 15) is 5.11 Å². The summed E-state index contributed by atoms with van der Waals surface area (Å²) in [6, 6.07) is 24.7. The van der Waals surface area contributed by atoms with Gasteiger partial charge in [-0.1, -0.05) is 69.3 Å². The summed E-state index contributed by atoms with van der Waals surface area (Å²) in [7, 11) is 4.09. The quantitative estimate of drug-likeness (QED) is 0.368. The summed E-state index contributed by atoms with van der Waals surface area (Å²) in [5.74, 6) is 1.66. The molecule has 168 valence electrons. The van der Waals surface area contributed by atoms with E-state index in [0.717, 1.165) is 29.8 Å². The van der Waals surface area contributed by atoms with Crippen molar-refractivity contribution in [1.29, 1.82) is 0 Å². The maximum absolute atomic E-state index is 9.83. The number of likely N-dealkylation sites (N-methyl/N-ethyl adjacent to an activating group) is 1. The Balaban J connectivity index is 0.00000289. The number of benzene rings is 3. The third-order valence-electron chi connectivity index (χ3n) is 5.69.